The van der Waals surface area contributed by atoms with Crippen LogP contribution in [0.5, 0.6) is 0 Å². The molecule has 0 aromatic rings. The summed E-state index contributed by atoms with van der Waals surface area (Å²) in [4.78, 5) is 46.9. The van der Waals surface area contributed by atoms with Gasteiger partial charge in [-0.2, -0.15) is 5.06 Å². The van der Waals surface area contributed by atoms with Crippen molar-refractivity contribution in [3.63, 3.8) is 0 Å². The summed E-state index contributed by atoms with van der Waals surface area (Å²) in [5.41, 5.74) is 2.42. The van der Waals surface area contributed by atoms with Gasteiger partial charge in [-0.15, -0.1) is 0 Å². The van der Waals surface area contributed by atoms with Crippen molar-refractivity contribution >= 4 is 17.9 Å². The number of carboxylic acids is 1. The summed E-state index contributed by atoms with van der Waals surface area (Å²) < 4.78 is 0. The van der Waals surface area contributed by atoms with E-state index in [1.54, 1.807) is 0 Å². The van der Waals surface area contributed by atoms with E-state index in [2.05, 4.69) is 10.8 Å². The van der Waals surface area contributed by atoms with E-state index in [0.717, 1.165) is 24.4 Å². The first kappa shape index (κ1) is 16.9. The number of carboxylic acid groups (broad SMARTS) is 1. The summed E-state index contributed by atoms with van der Waals surface area (Å²) in [7, 11) is 0. The number of hydrogen-bond donors (Lipinski definition) is 3. The number of carbonyl (C=O) groups is 3. The van der Waals surface area contributed by atoms with E-state index < -0.39 is 24.6 Å². The predicted molar refractivity (Wildman–Crippen MR) is 79.5 cm³/mol. The molecule has 10 nitrogen and oxygen atoms in total. The van der Waals surface area contributed by atoms with Crippen molar-refractivity contribution < 1.29 is 29.2 Å². The van der Waals surface area contributed by atoms with Crippen LogP contribution in [0.2, 0.25) is 0 Å². The Hall–Kier alpha value is -1.91. The highest BCUT2D eigenvalue weighted by Crippen LogP contribution is 2.30. The van der Waals surface area contributed by atoms with Crippen LogP contribution in [0.15, 0.2) is 0 Å². The zero-order chi connectivity index (χ0) is 17.1. The van der Waals surface area contributed by atoms with E-state index in [-0.39, 0.29) is 18.0 Å². The second-order valence-corrected chi connectivity index (χ2v) is 6.25. The molecule has 2 bridgehead atoms. The van der Waals surface area contributed by atoms with Crippen molar-refractivity contribution in [3.8, 4) is 0 Å². The maximum absolute atomic E-state index is 12.3. The lowest BCUT2D eigenvalue weighted by atomic mass is 10.0. The monoisotopic (exact) mass is 342 g/mol. The Labute approximate surface area is 138 Å². The van der Waals surface area contributed by atoms with E-state index in [1.807, 2.05) is 0 Å². The van der Waals surface area contributed by atoms with Crippen molar-refractivity contribution in [2.75, 3.05) is 26.3 Å². The van der Waals surface area contributed by atoms with Gasteiger partial charge in [0.25, 0.3) is 5.91 Å². The number of hydrogen-bond acceptors (Lipinski definition) is 6. The van der Waals surface area contributed by atoms with Gasteiger partial charge in [0.2, 0.25) is 0 Å². The Morgan fingerprint density at radius 1 is 1.33 bits per heavy atom. The molecule has 3 aliphatic heterocycles. The molecule has 3 heterocycles. The average Bonchev–Trinajstić information content (AvgIpc) is 3.14. The highest BCUT2D eigenvalue weighted by molar-refractivity contribution is 5.88. The molecule has 0 radical (unpaired) electrons. The van der Waals surface area contributed by atoms with Gasteiger partial charge in [0, 0.05) is 12.6 Å². The minimum Gasteiger partial charge on any atom is -0.479 e. The van der Waals surface area contributed by atoms with Gasteiger partial charge in [0.15, 0.2) is 6.61 Å². The van der Waals surface area contributed by atoms with Crippen LogP contribution in [0.3, 0.4) is 0 Å². The molecule has 134 valence electrons. The van der Waals surface area contributed by atoms with Gasteiger partial charge in [-0.3, -0.25) is 14.5 Å². The SMILES string of the molecule is O=C(O)CON1C(=O)N2C[C@H]1CC[C@@H]2C(=O)NOC[C@@H]1CCCN1. The molecule has 0 aromatic heterocycles. The summed E-state index contributed by atoms with van der Waals surface area (Å²) in [5, 5.41) is 13.0. The van der Waals surface area contributed by atoms with Gasteiger partial charge >= 0.3 is 12.0 Å². The number of piperidine rings is 1. The molecular formula is C14H22N4O6. The molecule has 24 heavy (non-hydrogen) atoms. The number of hydroxylamine groups is 3. The topological polar surface area (TPSA) is 120 Å². The molecule has 0 saturated carbocycles. The number of carbonyl (C=O) groups excluding carboxylic acids is 2. The van der Waals surface area contributed by atoms with E-state index in [1.165, 1.54) is 4.90 Å². The number of urea groups is 1. The van der Waals surface area contributed by atoms with E-state index in [9.17, 15) is 14.4 Å². The van der Waals surface area contributed by atoms with Gasteiger partial charge in [-0.25, -0.2) is 15.1 Å². The molecule has 3 atom stereocenters. The summed E-state index contributed by atoms with van der Waals surface area (Å²) in [6.45, 7) is 1.12. The zero-order valence-corrected chi connectivity index (χ0v) is 13.3. The van der Waals surface area contributed by atoms with Crippen molar-refractivity contribution in [2.24, 2.45) is 0 Å². The van der Waals surface area contributed by atoms with Crippen LogP contribution in [0.25, 0.3) is 0 Å². The molecule has 0 spiro atoms. The lowest BCUT2D eigenvalue weighted by molar-refractivity contribution is -0.167. The fourth-order valence-electron chi connectivity index (χ4n) is 3.38. The fraction of sp³-hybridized carbons (Fsp3) is 0.786. The molecule has 10 heteroatoms. The fourth-order valence-corrected chi connectivity index (χ4v) is 3.38. The zero-order valence-electron chi connectivity index (χ0n) is 13.3. The van der Waals surface area contributed by atoms with Crippen LogP contribution >= 0.6 is 0 Å². The molecule has 3 fully saturated rings. The largest absolute Gasteiger partial charge is 0.479 e. The normalized spacial score (nSPS) is 29.2. The molecular weight excluding hydrogens is 320 g/mol. The number of nitrogens with zero attached hydrogens (tertiary/aromatic N) is 2. The lowest BCUT2D eigenvalue weighted by Crippen LogP contribution is -2.50. The van der Waals surface area contributed by atoms with Crippen LogP contribution in [-0.2, 0) is 19.3 Å². The standard InChI is InChI=1S/C14H22N4O6/c19-12(20)8-24-18-10-3-4-11(17(6-10)14(18)22)13(21)16-23-7-9-2-1-5-15-9/h9-11,15H,1-8H2,(H,16,21)(H,19,20)/t9-,10+,11+/m0/s1. The first-order valence-electron chi connectivity index (χ1n) is 8.16. The van der Waals surface area contributed by atoms with Gasteiger partial charge in [-0.05, 0) is 32.2 Å². The third kappa shape index (κ3) is 3.60. The Kier molecular flexibility index (Phi) is 5.17. The summed E-state index contributed by atoms with van der Waals surface area (Å²) in [5.74, 6) is -1.51. The van der Waals surface area contributed by atoms with Crippen LogP contribution in [0.1, 0.15) is 25.7 Å². The molecule has 3 saturated heterocycles. The number of aliphatic carboxylic acids is 1. The first-order chi connectivity index (χ1) is 11.6. The van der Waals surface area contributed by atoms with Crippen molar-refractivity contribution in [1.29, 1.82) is 0 Å². The van der Waals surface area contributed by atoms with Gasteiger partial charge in [0.05, 0.1) is 12.6 Å². The molecule has 0 unspecified atom stereocenters. The van der Waals surface area contributed by atoms with E-state index in [0.29, 0.717) is 26.0 Å². The lowest BCUT2D eigenvalue weighted by Gasteiger charge is -2.29. The van der Waals surface area contributed by atoms with Gasteiger partial charge < -0.3 is 15.3 Å². The predicted octanol–water partition coefficient (Wildman–Crippen LogP) is -0.929. The van der Waals surface area contributed by atoms with Crippen LogP contribution in [-0.4, -0.2) is 77.4 Å². The van der Waals surface area contributed by atoms with E-state index in [4.69, 9.17) is 14.8 Å². The molecule has 3 aliphatic rings. The number of nitrogens with one attached hydrogen (secondary N) is 2. The van der Waals surface area contributed by atoms with Crippen LogP contribution < -0.4 is 10.8 Å². The minimum atomic E-state index is -1.15. The Balaban J connectivity index is 1.49. The third-order valence-electron chi connectivity index (χ3n) is 4.57. The van der Waals surface area contributed by atoms with Gasteiger partial charge in [-0.1, -0.05) is 0 Å². The summed E-state index contributed by atoms with van der Waals surface area (Å²) in [6.07, 6.45) is 3.17. The summed E-state index contributed by atoms with van der Waals surface area (Å²) >= 11 is 0. The van der Waals surface area contributed by atoms with Crippen molar-refractivity contribution in [1.82, 2.24) is 20.8 Å². The maximum Gasteiger partial charge on any atom is 0.345 e. The van der Waals surface area contributed by atoms with Crippen molar-refractivity contribution in [2.45, 2.75) is 43.8 Å². The first-order valence-corrected chi connectivity index (χ1v) is 8.16. The minimum absolute atomic E-state index is 0.218. The molecule has 3 amide bonds. The van der Waals surface area contributed by atoms with E-state index >= 15 is 0 Å². The van der Waals surface area contributed by atoms with Crippen LogP contribution in [0, 0.1) is 0 Å². The second kappa shape index (κ2) is 7.32. The Bertz CT molecular complexity index is 509. The second-order valence-electron chi connectivity index (χ2n) is 6.25. The molecule has 3 N–H and O–H groups in total. The molecule has 0 aromatic carbocycles. The highest BCUT2D eigenvalue weighted by atomic mass is 16.7. The molecule has 3 rings (SSSR count). The van der Waals surface area contributed by atoms with Crippen LogP contribution in [0.4, 0.5) is 4.79 Å². The Morgan fingerprint density at radius 3 is 2.88 bits per heavy atom. The quantitative estimate of drug-likeness (QED) is 0.511. The average molecular weight is 342 g/mol. The highest BCUT2D eigenvalue weighted by Gasteiger charge is 2.48. The smallest absolute Gasteiger partial charge is 0.345 e. The number of amides is 3. The third-order valence-corrected chi connectivity index (χ3v) is 4.57. The van der Waals surface area contributed by atoms with Gasteiger partial charge in [0.1, 0.15) is 6.04 Å². The summed E-state index contributed by atoms with van der Waals surface area (Å²) in [6, 6.07) is -1.07. The number of fused-ring (bicyclic) bond motifs is 2. The van der Waals surface area contributed by atoms with Crippen molar-refractivity contribution in [3.05, 3.63) is 0 Å². The number of rotatable bonds is 7. The molecule has 0 aliphatic carbocycles. The Morgan fingerprint density at radius 2 is 2.17 bits per heavy atom. The maximum atomic E-state index is 12.3.